The van der Waals surface area contributed by atoms with E-state index in [2.05, 4.69) is 51.7 Å². The first-order valence-electron chi connectivity index (χ1n) is 7.93. The molecule has 0 fully saturated rings. The van der Waals surface area contributed by atoms with Crippen molar-refractivity contribution in [1.29, 1.82) is 0 Å². The minimum absolute atomic E-state index is 0.452. The van der Waals surface area contributed by atoms with Crippen molar-refractivity contribution in [3.8, 4) is 0 Å². The second-order valence-corrected chi connectivity index (χ2v) is 6.41. The third-order valence-electron chi connectivity index (χ3n) is 4.26. The number of aryl methyl sites for hydroxylation is 2. The van der Waals surface area contributed by atoms with Crippen molar-refractivity contribution in [3.05, 3.63) is 29.1 Å². The largest absolute Gasteiger partial charge is 0.258 e. The van der Waals surface area contributed by atoms with E-state index in [1.54, 1.807) is 0 Å². The Morgan fingerprint density at radius 3 is 2.16 bits per heavy atom. The summed E-state index contributed by atoms with van der Waals surface area (Å²) in [5, 5.41) is 0. The van der Waals surface area contributed by atoms with Crippen molar-refractivity contribution in [3.63, 3.8) is 0 Å². The zero-order valence-electron chi connectivity index (χ0n) is 13.6. The predicted molar refractivity (Wildman–Crippen MR) is 84.6 cm³/mol. The molecule has 0 aliphatic carbocycles. The van der Waals surface area contributed by atoms with Gasteiger partial charge in [0.25, 0.3) is 0 Å². The SMILES string of the molecule is CCCCCCC(C)(CC)Cc1cc(C)nc(C)c1. The van der Waals surface area contributed by atoms with Crippen LogP contribution in [0.4, 0.5) is 0 Å². The van der Waals surface area contributed by atoms with Crippen molar-refractivity contribution in [2.24, 2.45) is 5.41 Å². The predicted octanol–water partition coefficient (Wildman–Crippen LogP) is 5.63. The standard InChI is InChI=1S/C18H31N/c1-6-8-9-10-11-18(5,7-2)14-17-12-15(3)19-16(4)13-17/h12-13H,6-11,14H2,1-5H3. The Morgan fingerprint density at radius 2 is 1.63 bits per heavy atom. The van der Waals surface area contributed by atoms with E-state index in [0.717, 1.165) is 11.4 Å². The van der Waals surface area contributed by atoms with Crippen LogP contribution < -0.4 is 0 Å². The molecule has 0 saturated carbocycles. The number of hydrogen-bond donors (Lipinski definition) is 0. The summed E-state index contributed by atoms with van der Waals surface area (Å²) in [6, 6.07) is 4.51. The first-order valence-corrected chi connectivity index (χ1v) is 7.93. The Labute approximate surface area is 119 Å². The Morgan fingerprint density at radius 1 is 1.00 bits per heavy atom. The van der Waals surface area contributed by atoms with E-state index < -0.39 is 0 Å². The van der Waals surface area contributed by atoms with Gasteiger partial charge in [0.2, 0.25) is 0 Å². The lowest BCUT2D eigenvalue weighted by molar-refractivity contribution is 0.270. The quantitative estimate of drug-likeness (QED) is 0.553. The summed E-state index contributed by atoms with van der Waals surface area (Å²) >= 11 is 0. The molecule has 1 nitrogen and oxygen atoms in total. The van der Waals surface area contributed by atoms with Crippen LogP contribution >= 0.6 is 0 Å². The maximum Gasteiger partial charge on any atom is 0.0378 e. The molecule has 1 aromatic heterocycles. The van der Waals surface area contributed by atoms with Crippen LogP contribution in [0.25, 0.3) is 0 Å². The van der Waals surface area contributed by atoms with Gasteiger partial charge >= 0.3 is 0 Å². The molecule has 1 aromatic rings. The van der Waals surface area contributed by atoms with Gasteiger partial charge in [-0.3, -0.25) is 4.98 Å². The van der Waals surface area contributed by atoms with E-state index in [4.69, 9.17) is 0 Å². The molecule has 0 aliphatic heterocycles. The van der Waals surface area contributed by atoms with Crippen molar-refractivity contribution < 1.29 is 0 Å². The second-order valence-electron chi connectivity index (χ2n) is 6.41. The van der Waals surface area contributed by atoms with Crippen LogP contribution in [0, 0.1) is 19.3 Å². The van der Waals surface area contributed by atoms with Crippen molar-refractivity contribution in [2.45, 2.75) is 79.6 Å². The maximum absolute atomic E-state index is 4.48. The van der Waals surface area contributed by atoms with E-state index >= 15 is 0 Å². The Kier molecular flexibility index (Phi) is 6.54. The molecule has 1 heterocycles. The zero-order valence-corrected chi connectivity index (χ0v) is 13.6. The van der Waals surface area contributed by atoms with Crippen LogP contribution in [0.1, 0.15) is 76.2 Å². The number of nitrogens with zero attached hydrogens (tertiary/aromatic N) is 1. The van der Waals surface area contributed by atoms with Gasteiger partial charge in [-0.1, -0.05) is 52.9 Å². The van der Waals surface area contributed by atoms with Crippen molar-refractivity contribution >= 4 is 0 Å². The first-order chi connectivity index (χ1) is 8.99. The lowest BCUT2D eigenvalue weighted by atomic mass is 9.77. The number of rotatable bonds is 8. The summed E-state index contributed by atoms with van der Waals surface area (Å²) in [4.78, 5) is 4.48. The van der Waals surface area contributed by atoms with Gasteiger partial charge in [-0.2, -0.15) is 0 Å². The smallest absolute Gasteiger partial charge is 0.0378 e. The highest BCUT2D eigenvalue weighted by molar-refractivity contribution is 5.21. The first kappa shape index (κ1) is 16.2. The third kappa shape index (κ3) is 5.76. The molecule has 1 unspecified atom stereocenters. The monoisotopic (exact) mass is 261 g/mol. The highest BCUT2D eigenvalue weighted by Gasteiger charge is 2.22. The normalized spacial score (nSPS) is 14.4. The number of unbranched alkanes of at least 4 members (excludes halogenated alkanes) is 3. The zero-order chi connectivity index (χ0) is 14.3. The van der Waals surface area contributed by atoms with Crippen LogP contribution in [0.5, 0.6) is 0 Å². The van der Waals surface area contributed by atoms with Gasteiger partial charge in [-0.25, -0.2) is 0 Å². The van der Waals surface area contributed by atoms with Gasteiger partial charge in [0.1, 0.15) is 0 Å². The molecule has 0 amide bonds. The molecule has 1 atom stereocenters. The summed E-state index contributed by atoms with van der Waals surface area (Å²) in [5.41, 5.74) is 4.22. The van der Waals surface area contributed by atoms with Gasteiger partial charge in [0.05, 0.1) is 0 Å². The molecule has 108 valence electrons. The van der Waals surface area contributed by atoms with Crippen LogP contribution in [-0.4, -0.2) is 4.98 Å². The molecule has 0 saturated heterocycles. The van der Waals surface area contributed by atoms with Crippen LogP contribution in [0.2, 0.25) is 0 Å². The fourth-order valence-corrected chi connectivity index (χ4v) is 2.88. The summed E-state index contributed by atoms with van der Waals surface area (Å²) in [7, 11) is 0. The van der Waals surface area contributed by atoms with Gasteiger partial charge < -0.3 is 0 Å². The summed E-state index contributed by atoms with van der Waals surface area (Å²) in [6.45, 7) is 11.3. The van der Waals surface area contributed by atoms with Gasteiger partial charge in [-0.15, -0.1) is 0 Å². The van der Waals surface area contributed by atoms with Crippen molar-refractivity contribution in [1.82, 2.24) is 4.98 Å². The molecule has 0 aliphatic rings. The fraction of sp³-hybridized carbons (Fsp3) is 0.722. The highest BCUT2D eigenvalue weighted by atomic mass is 14.7. The molecule has 0 aromatic carbocycles. The average Bonchev–Trinajstić information content (AvgIpc) is 2.33. The molecule has 19 heavy (non-hydrogen) atoms. The van der Waals surface area contributed by atoms with Crippen LogP contribution in [0.15, 0.2) is 12.1 Å². The minimum atomic E-state index is 0.452. The molecule has 0 bridgehead atoms. The topological polar surface area (TPSA) is 12.9 Å². The molecule has 0 N–H and O–H groups in total. The molecular formula is C18H31N. The molecule has 0 spiro atoms. The van der Waals surface area contributed by atoms with Gasteiger partial charge in [0, 0.05) is 11.4 Å². The fourth-order valence-electron chi connectivity index (χ4n) is 2.88. The Balaban J connectivity index is 2.63. The molecule has 0 radical (unpaired) electrons. The molecule has 1 rings (SSSR count). The lowest BCUT2D eigenvalue weighted by Gasteiger charge is -2.29. The van der Waals surface area contributed by atoms with E-state index in [1.165, 1.54) is 50.5 Å². The Hall–Kier alpha value is -0.850. The number of hydrogen-bond acceptors (Lipinski definition) is 1. The van der Waals surface area contributed by atoms with E-state index in [0.29, 0.717) is 5.41 Å². The summed E-state index contributed by atoms with van der Waals surface area (Å²) < 4.78 is 0. The molecular weight excluding hydrogens is 230 g/mol. The van der Waals surface area contributed by atoms with Gasteiger partial charge in [0.15, 0.2) is 0 Å². The maximum atomic E-state index is 4.48. The number of aromatic nitrogens is 1. The third-order valence-corrected chi connectivity index (χ3v) is 4.26. The summed E-state index contributed by atoms with van der Waals surface area (Å²) in [5.74, 6) is 0. The highest BCUT2D eigenvalue weighted by Crippen LogP contribution is 2.33. The number of pyridine rings is 1. The Bertz CT molecular complexity index is 363. The van der Waals surface area contributed by atoms with Crippen LogP contribution in [0.3, 0.4) is 0 Å². The molecule has 1 heteroatoms. The van der Waals surface area contributed by atoms with E-state index in [9.17, 15) is 0 Å². The lowest BCUT2D eigenvalue weighted by Crippen LogP contribution is -2.19. The van der Waals surface area contributed by atoms with Crippen LogP contribution in [-0.2, 0) is 6.42 Å². The average molecular weight is 261 g/mol. The second kappa shape index (κ2) is 7.67. The summed E-state index contributed by atoms with van der Waals surface area (Å²) in [6.07, 6.45) is 9.28. The van der Waals surface area contributed by atoms with Gasteiger partial charge in [-0.05, 0) is 49.8 Å². The van der Waals surface area contributed by atoms with E-state index in [1.807, 2.05) is 0 Å². The minimum Gasteiger partial charge on any atom is -0.258 e. The van der Waals surface area contributed by atoms with Crippen molar-refractivity contribution in [2.75, 3.05) is 0 Å². The van der Waals surface area contributed by atoms with E-state index in [-0.39, 0.29) is 0 Å².